The predicted octanol–water partition coefficient (Wildman–Crippen LogP) is 0.893. The quantitative estimate of drug-likeness (QED) is 0.808. The molecule has 0 aliphatic carbocycles. The smallest absolute Gasteiger partial charge is 0.239 e. The van der Waals surface area contributed by atoms with Crippen molar-refractivity contribution in [1.29, 1.82) is 0 Å². The summed E-state index contributed by atoms with van der Waals surface area (Å²) in [6.45, 7) is 4.98. The Hall–Kier alpha value is -1.10. The van der Waals surface area contributed by atoms with E-state index >= 15 is 0 Å². The first-order chi connectivity index (χ1) is 9.66. The Morgan fingerprint density at radius 2 is 2.15 bits per heavy atom. The Labute approximate surface area is 121 Å². The van der Waals surface area contributed by atoms with Gasteiger partial charge in [-0.05, 0) is 31.7 Å². The summed E-state index contributed by atoms with van der Waals surface area (Å²) in [5.74, 6) is 0.623. The highest BCUT2D eigenvalue weighted by Crippen LogP contribution is 2.13. The van der Waals surface area contributed by atoms with Crippen LogP contribution in [0.25, 0.3) is 0 Å². The zero-order chi connectivity index (χ0) is 14.4. The topological polar surface area (TPSA) is 61.4 Å². The number of amides is 2. The van der Waals surface area contributed by atoms with Crippen molar-refractivity contribution in [3.05, 3.63) is 0 Å². The molecule has 0 aromatic heterocycles. The fraction of sp³-hybridized carbons (Fsp3) is 0.867. The average molecular weight is 281 g/mol. The predicted molar refractivity (Wildman–Crippen MR) is 78.2 cm³/mol. The molecule has 2 fully saturated rings. The van der Waals surface area contributed by atoms with Crippen molar-refractivity contribution in [3.8, 4) is 0 Å². The zero-order valence-corrected chi connectivity index (χ0v) is 12.5. The molecular formula is C15H27N3O2. The van der Waals surface area contributed by atoms with Gasteiger partial charge in [0.05, 0.1) is 6.54 Å². The lowest BCUT2D eigenvalue weighted by molar-refractivity contribution is -0.137. The SMILES string of the molecule is CC1CCNCC1NC(=O)CN1CCCCCCC1=O. The highest BCUT2D eigenvalue weighted by Gasteiger charge is 2.24. The minimum absolute atomic E-state index is 0.0144. The molecule has 5 heteroatoms. The Balaban J connectivity index is 1.81. The van der Waals surface area contributed by atoms with E-state index < -0.39 is 0 Å². The summed E-state index contributed by atoms with van der Waals surface area (Å²) in [6.07, 6.45) is 5.95. The van der Waals surface area contributed by atoms with Crippen LogP contribution < -0.4 is 10.6 Å². The van der Waals surface area contributed by atoms with Crippen LogP contribution >= 0.6 is 0 Å². The van der Waals surface area contributed by atoms with Gasteiger partial charge < -0.3 is 15.5 Å². The van der Waals surface area contributed by atoms with E-state index in [1.807, 2.05) is 0 Å². The minimum atomic E-state index is -0.0144. The average Bonchev–Trinajstić information content (AvgIpc) is 2.41. The molecule has 2 N–H and O–H groups in total. The molecule has 2 heterocycles. The molecular weight excluding hydrogens is 254 g/mol. The van der Waals surface area contributed by atoms with E-state index in [0.29, 0.717) is 12.3 Å². The lowest BCUT2D eigenvalue weighted by Crippen LogP contribution is -2.52. The molecule has 0 saturated carbocycles. The van der Waals surface area contributed by atoms with Gasteiger partial charge in [-0.2, -0.15) is 0 Å². The molecule has 2 saturated heterocycles. The number of carbonyl (C=O) groups is 2. The van der Waals surface area contributed by atoms with Crippen molar-refractivity contribution < 1.29 is 9.59 Å². The maximum Gasteiger partial charge on any atom is 0.239 e. The van der Waals surface area contributed by atoms with Crippen LogP contribution in [0.5, 0.6) is 0 Å². The lowest BCUT2D eigenvalue weighted by Gasteiger charge is -2.31. The molecule has 0 spiro atoms. The van der Waals surface area contributed by atoms with Gasteiger partial charge in [0.2, 0.25) is 11.8 Å². The summed E-state index contributed by atoms with van der Waals surface area (Å²) in [4.78, 5) is 25.9. The van der Waals surface area contributed by atoms with Gasteiger partial charge in [0.1, 0.15) is 0 Å². The van der Waals surface area contributed by atoms with Gasteiger partial charge in [-0.15, -0.1) is 0 Å². The Bertz CT molecular complexity index is 346. The fourth-order valence-corrected chi connectivity index (χ4v) is 2.99. The second-order valence-electron chi connectivity index (χ2n) is 6.12. The first-order valence-corrected chi connectivity index (χ1v) is 7.94. The van der Waals surface area contributed by atoms with E-state index in [9.17, 15) is 9.59 Å². The van der Waals surface area contributed by atoms with Gasteiger partial charge in [0.25, 0.3) is 0 Å². The number of hydrogen-bond acceptors (Lipinski definition) is 3. The number of carbonyl (C=O) groups excluding carboxylic acids is 2. The van der Waals surface area contributed by atoms with Gasteiger partial charge >= 0.3 is 0 Å². The van der Waals surface area contributed by atoms with Crippen LogP contribution in [0.2, 0.25) is 0 Å². The van der Waals surface area contributed by atoms with Crippen molar-refractivity contribution in [1.82, 2.24) is 15.5 Å². The van der Waals surface area contributed by atoms with Crippen molar-refractivity contribution in [2.75, 3.05) is 26.2 Å². The minimum Gasteiger partial charge on any atom is -0.350 e. The summed E-state index contributed by atoms with van der Waals surface area (Å²) in [6, 6.07) is 0.195. The third-order valence-electron chi connectivity index (χ3n) is 4.43. The summed E-state index contributed by atoms with van der Waals surface area (Å²) in [5.41, 5.74) is 0. The molecule has 0 aromatic rings. The maximum absolute atomic E-state index is 12.1. The standard InChI is InChI=1S/C15H27N3O2/c1-12-7-8-16-10-13(12)17-14(19)11-18-9-5-3-2-4-6-15(18)20/h12-13,16H,2-11H2,1H3,(H,17,19). The van der Waals surface area contributed by atoms with E-state index in [-0.39, 0.29) is 24.4 Å². The number of hydrogen-bond donors (Lipinski definition) is 2. The van der Waals surface area contributed by atoms with E-state index in [0.717, 1.165) is 51.7 Å². The van der Waals surface area contributed by atoms with Crippen LogP contribution in [0.15, 0.2) is 0 Å². The summed E-state index contributed by atoms with van der Waals surface area (Å²) >= 11 is 0. The molecule has 0 aromatic carbocycles. The molecule has 5 nitrogen and oxygen atoms in total. The molecule has 2 atom stereocenters. The third kappa shape index (κ3) is 4.47. The number of nitrogens with one attached hydrogen (secondary N) is 2. The highest BCUT2D eigenvalue weighted by molar-refractivity contribution is 5.85. The normalized spacial score (nSPS) is 28.6. The molecule has 0 bridgehead atoms. The Morgan fingerprint density at radius 1 is 1.35 bits per heavy atom. The molecule has 2 amide bonds. The largest absolute Gasteiger partial charge is 0.350 e. The van der Waals surface area contributed by atoms with Crippen molar-refractivity contribution in [2.45, 2.75) is 51.5 Å². The fourth-order valence-electron chi connectivity index (χ4n) is 2.99. The van der Waals surface area contributed by atoms with Crippen LogP contribution in [0, 0.1) is 5.92 Å². The summed E-state index contributed by atoms with van der Waals surface area (Å²) in [5, 5.41) is 6.38. The first kappa shape index (κ1) is 15.3. The van der Waals surface area contributed by atoms with Gasteiger partial charge in [-0.25, -0.2) is 0 Å². The molecule has 2 aliphatic rings. The zero-order valence-electron chi connectivity index (χ0n) is 12.5. The van der Waals surface area contributed by atoms with E-state index in [1.54, 1.807) is 4.90 Å². The Kier molecular flexibility index (Phi) is 5.83. The van der Waals surface area contributed by atoms with Crippen LogP contribution in [0.1, 0.15) is 45.4 Å². The second-order valence-corrected chi connectivity index (χ2v) is 6.12. The van der Waals surface area contributed by atoms with Gasteiger partial charge in [-0.3, -0.25) is 9.59 Å². The number of rotatable bonds is 3. The van der Waals surface area contributed by atoms with E-state index in [4.69, 9.17) is 0 Å². The molecule has 2 rings (SSSR count). The maximum atomic E-state index is 12.1. The summed E-state index contributed by atoms with van der Waals surface area (Å²) in [7, 11) is 0. The molecule has 0 radical (unpaired) electrons. The number of likely N-dealkylation sites (tertiary alicyclic amines) is 1. The van der Waals surface area contributed by atoms with Crippen LogP contribution in [-0.2, 0) is 9.59 Å². The first-order valence-electron chi connectivity index (χ1n) is 7.94. The Morgan fingerprint density at radius 3 is 2.95 bits per heavy atom. The number of nitrogens with zero attached hydrogens (tertiary/aromatic N) is 1. The second kappa shape index (κ2) is 7.62. The van der Waals surface area contributed by atoms with Crippen LogP contribution in [-0.4, -0.2) is 48.9 Å². The van der Waals surface area contributed by atoms with Gasteiger partial charge in [0.15, 0.2) is 0 Å². The monoisotopic (exact) mass is 281 g/mol. The van der Waals surface area contributed by atoms with E-state index in [1.165, 1.54) is 0 Å². The molecule has 2 aliphatic heterocycles. The third-order valence-corrected chi connectivity index (χ3v) is 4.43. The van der Waals surface area contributed by atoms with Crippen LogP contribution in [0.4, 0.5) is 0 Å². The molecule has 2 unspecified atom stereocenters. The van der Waals surface area contributed by atoms with Crippen molar-refractivity contribution >= 4 is 11.8 Å². The highest BCUT2D eigenvalue weighted by atomic mass is 16.2. The number of piperidine rings is 1. The van der Waals surface area contributed by atoms with Crippen molar-refractivity contribution in [2.24, 2.45) is 5.92 Å². The van der Waals surface area contributed by atoms with E-state index in [2.05, 4.69) is 17.6 Å². The van der Waals surface area contributed by atoms with Crippen LogP contribution in [0.3, 0.4) is 0 Å². The van der Waals surface area contributed by atoms with Crippen molar-refractivity contribution in [3.63, 3.8) is 0 Å². The lowest BCUT2D eigenvalue weighted by atomic mass is 9.95. The van der Waals surface area contributed by atoms with Gasteiger partial charge in [-0.1, -0.05) is 19.8 Å². The molecule has 114 valence electrons. The van der Waals surface area contributed by atoms with Gasteiger partial charge in [0, 0.05) is 25.6 Å². The summed E-state index contributed by atoms with van der Waals surface area (Å²) < 4.78 is 0. The molecule has 20 heavy (non-hydrogen) atoms.